The van der Waals surface area contributed by atoms with Gasteiger partial charge < -0.3 is 14.5 Å². The first-order chi connectivity index (χ1) is 13.5. The maximum atomic E-state index is 13.6. The number of pyridine rings is 1. The van der Waals surface area contributed by atoms with Gasteiger partial charge in [0.15, 0.2) is 0 Å². The summed E-state index contributed by atoms with van der Waals surface area (Å²) in [5.41, 5.74) is 2.43. The van der Waals surface area contributed by atoms with Crippen molar-refractivity contribution in [2.24, 2.45) is 0 Å². The number of imidazole rings is 1. The van der Waals surface area contributed by atoms with E-state index in [1.54, 1.807) is 7.11 Å². The number of amides is 2. The molecule has 7 heteroatoms. The molecular formula is C21H28N4O3. The Morgan fingerprint density at radius 1 is 1.25 bits per heavy atom. The fourth-order valence-electron chi connectivity index (χ4n) is 4.79. The first kappa shape index (κ1) is 18.9. The SMILES string of the molecule is COCCN1CCCC2(CCCN2C(=O)c2c(C)nc3cc(C)ccn23)C1=O. The predicted molar refractivity (Wildman–Crippen MR) is 105 cm³/mol. The number of nitrogens with zero attached hydrogens (tertiary/aromatic N) is 4. The molecule has 2 aromatic heterocycles. The van der Waals surface area contributed by atoms with Crippen LogP contribution in [0.25, 0.3) is 5.65 Å². The predicted octanol–water partition coefficient (Wildman–Crippen LogP) is 2.19. The van der Waals surface area contributed by atoms with Gasteiger partial charge in [-0.2, -0.15) is 0 Å². The van der Waals surface area contributed by atoms with Gasteiger partial charge in [-0.15, -0.1) is 0 Å². The van der Waals surface area contributed by atoms with Crippen molar-refractivity contribution < 1.29 is 14.3 Å². The molecule has 2 fully saturated rings. The molecule has 0 bridgehead atoms. The van der Waals surface area contributed by atoms with Crippen LogP contribution in [-0.2, 0) is 9.53 Å². The van der Waals surface area contributed by atoms with Gasteiger partial charge in [0.05, 0.1) is 12.3 Å². The smallest absolute Gasteiger partial charge is 0.273 e. The van der Waals surface area contributed by atoms with Crippen molar-refractivity contribution in [1.82, 2.24) is 19.2 Å². The Kier molecular flexibility index (Phi) is 4.87. The summed E-state index contributed by atoms with van der Waals surface area (Å²) >= 11 is 0. The molecule has 28 heavy (non-hydrogen) atoms. The Morgan fingerprint density at radius 3 is 2.75 bits per heavy atom. The molecule has 7 nitrogen and oxygen atoms in total. The topological polar surface area (TPSA) is 67.2 Å². The fourth-order valence-corrected chi connectivity index (χ4v) is 4.79. The van der Waals surface area contributed by atoms with Crippen LogP contribution in [0.4, 0.5) is 0 Å². The van der Waals surface area contributed by atoms with E-state index in [9.17, 15) is 9.59 Å². The first-order valence-electron chi connectivity index (χ1n) is 10.0. The van der Waals surface area contributed by atoms with E-state index in [0.717, 1.165) is 43.4 Å². The lowest BCUT2D eigenvalue weighted by Crippen LogP contribution is -2.61. The third-order valence-corrected chi connectivity index (χ3v) is 6.16. The Bertz CT molecular complexity index is 922. The largest absolute Gasteiger partial charge is 0.383 e. The Hall–Kier alpha value is -2.41. The number of hydrogen-bond acceptors (Lipinski definition) is 4. The van der Waals surface area contributed by atoms with Crippen molar-refractivity contribution in [2.75, 3.05) is 33.4 Å². The van der Waals surface area contributed by atoms with Gasteiger partial charge in [0.25, 0.3) is 5.91 Å². The first-order valence-corrected chi connectivity index (χ1v) is 10.0. The number of aryl methyl sites for hydroxylation is 2. The van der Waals surface area contributed by atoms with Crippen LogP contribution in [0.2, 0.25) is 0 Å². The number of hydrogen-bond donors (Lipinski definition) is 0. The molecule has 2 amide bonds. The second kappa shape index (κ2) is 7.20. The number of carbonyl (C=O) groups is 2. The van der Waals surface area contributed by atoms with E-state index >= 15 is 0 Å². The zero-order chi connectivity index (χ0) is 19.9. The maximum absolute atomic E-state index is 13.6. The minimum absolute atomic E-state index is 0.0731. The van der Waals surface area contributed by atoms with Gasteiger partial charge in [0.2, 0.25) is 5.91 Å². The van der Waals surface area contributed by atoms with Crippen molar-refractivity contribution in [2.45, 2.75) is 45.1 Å². The van der Waals surface area contributed by atoms with Crippen LogP contribution in [-0.4, -0.2) is 69.9 Å². The van der Waals surface area contributed by atoms with E-state index in [1.807, 2.05) is 46.4 Å². The van der Waals surface area contributed by atoms with Gasteiger partial charge in [0, 0.05) is 32.9 Å². The van der Waals surface area contributed by atoms with Crippen molar-refractivity contribution >= 4 is 17.5 Å². The minimum atomic E-state index is -0.718. The number of carbonyl (C=O) groups excluding carboxylic acids is 2. The normalized spacial score (nSPS) is 22.6. The number of methoxy groups -OCH3 is 1. The average Bonchev–Trinajstić information content (AvgIpc) is 3.23. The Morgan fingerprint density at radius 2 is 2.00 bits per heavy atom. The number of aromatic nitrogens is 2. The average molecular weight is 384 g/mol. The molecule has 1 spiro atoms. The van der Waals surface area contributed by atoms with E-state index in [2.05, 4.69) is 4.98 Å². The quantitative estimate of drug-likeness (QED) is 0.811. The van der Waals surface area contributed by atoms with Gasteiger partial charge in [-0.05, 0) is 57.2 Å². The van der Waals surface area contributed by atoms with Gasteiger partial charge in [-0.1, -0.05) is 0 Å². The van der Waals surface area contributed by atoms with Gasteiger partial charge in [0.1, 0.15) is 16.9 Å². The second-order valence-corrected chi connectivity index (χ2v) is 7.96. The van der Waals surface area contributed by atoms with Crippen LogP contribution in [0.15, 0.2) is 18.3 Å². The summed E-state index contributed by atoms with van der Waals surface area (Å²) in [6.45, 7) is 6.32. The van der Waals surface area contributed by atoms with Crippen molar-refractivity contribution in [3.63, 3.8) is 0 Å². The standard InChI is InChI=1S/C21H28N4O3/c1-15-6-11-24-17(14-15)22-16(2)18(24)19(26)25-10-5-8-21(25)7-4-9-23(20(21)27)12-13-28-3/h6,11,14H,4-5,7-10,12-13H2,1-3H3. The molecule has 0 radical (unpaired) electrons. The third-order valence-electron chi connectivity index (χ3n) is 6.16. The molecule has 2 aliphatic heterocycles. The van der Waals surface area contributed by atoms with Crippen LogP contribution in [0.3, 0.4) is 0 Å². The van der Waals surface area contributed by atoms with Gasteiger partial charge in [-0.3, -0.25) is 14.0 Å². The van der Waals surface area contributed by atoms with Crippen molar-refractivity contribution in [1.29, 1.82) is 0 Å². The second-order valence-electron chi connectivity index (χ2n) is 7.96. The van der Waals surface area contributed by atoms with Crippen LogP contribution in [0.1, 0.15) is 47.4 Å². The molecule has 0 aromatic carbocycles. The molecule has 150 valence electrons. The number of likely N-dealkylation sites (tertiary alicyclic amines) is 2. The van der Waals surface area contributed by atoms with Crippen molar-refractivity contribution in [3.8, 4) is 0 Å². The number of rotatable bonds is 4. The zero-order valence-electron chi connectivity index (χ0n) is 16.9. The lowest BCUT2D eigenvalue weighted by Gasteiger charge is -2.44. The fraction of sp³-hybridized carbons (Fsp3) is 0.571. The summed E-state index contributed by atoms with van der Waals surface area (Å²) in [7, 11) is 1.64. The zero-order valence-corrected chi connectivity index (χ0v) is 16.9. The highest BCUT2D eigenvalue weighted by atomic mass is 16.5. The minimum Gasteiger partial charge on any atom is -0.383 e. The lowest BCUT2D eigenvalue weighted by atomic mass is 9.85. The number of piperidine rings is 1. The van der Waals surface area contributed by atoms with E-state index in [4.69, 9.17) is 4.74 Å². The molecular weight excluding hydrogens is 356 g/mol. The molecule has 2 saturated heterocycles. The molecule has 4 rings (SSSR count). The van der Waals surface area contributed by atoms with E-state index in [0.29, 0.717) is 31.1 Å². The number of fused-ring (bicyclic) bond motifs is 1. The van der Waals surface area contributed by atoms with Crippen LogP contribution < -0.4 is 0 Å². The molecule has 4 heterocycles. The van der Waals surface area contributed by atoms with Gasteiger partial charge in [-0.25, -0.2) is 4.98 Å². The van der Waals surface area contributed by atoms with Crippen molar-refractivity contribution in [3.05, 3.63) is 35.3 Å². The summed E-state index contributed by atoms with van der Waals surface area (Å²) in [5.74, 6) is -0.0164. The van der Waals surface area contributed by atoms with Crippen LogP contribution >= 0.6 is 0 Å². The summed E-state index contributed by atoms with van der Waals surface area (Å²) in [6.07, 6.45) is 5.12. The van der Waals surface area contributed by atoms with E-state index < -0.39 is 5.54 Å². The third kappa shape index (κ3) is 2.89. The summed E-state index contributed by atoms with van der Waals surface area (Å²) in [6, 6.07) is 3.95. The molecule has 1 atom stereocenters. The Balaban J connectivity index is 1.70. The molecule has 0 aliphatic carbocycles. The van der Waals surface area contributed by atoms with Gasteiger partial charge >= 0.3 is 0 Å². The van der Waals surface area contributed by atoms with E-state index in [-0.39, 0.29) is 11.8 Å². The van der Waals surface area contributed by atoms with Crippen LogP contribution in [0, 0.1) is 13.8 Å². The highest BCUT2D eigenvalue weighted by molar-refractivity contribution is 6.00. The number of ether oxygens (including phenoxy) is 1. The molecule has 0 saturated carbocycles. The summed E-state index contributed by atoms with van der Waals surface area (Å²) < 4.78 is 7.02. The highest BCUT2D eigenvalue weighted by Gasteiger charge is 2.53. The summed E-state index contributed by atoms with van der Waals surface area (Å²) in [4.78, 5) is 35.3. The molecule has 0 N–H and O–H groups in total. The van der Waals surface area contributed by atoms with E-state index in [1.165, 1.54) is 0 Å². The molecule has 2 aliphatic rings. The monoisotopic (exact) mass is 384 g/mol. The highest BCUT2D eigenvalue weighted by Crippen LogP contribution is 2.39. The Labute approximate surface area is 165 Å². The maximum Gasteiger partial charge on any atom is 0.273 e. The summed E-state index contributed by atoms with van der Waals surface area (Å²) in [5, 5.41) is 0. The molecule has 1 unspecified atom stereocenters. The lowest BCUT2D eigenvalue weighted by molar-refractivity contribution is -0.146. The molecule has 2 aromatic rings. The van der Waals surface area contributed by atoms with Crippen LogP contribution in [0.5, 0.6) is 0 Å².